The largest absolute Gasteiger partial charge is 0.343 e. The highest BCUT2D eigenvalue weighted by Crippen LogP contribution is 2.17. The zero-order valence-corrected chi connectivity index (χ0v) is 16.1. The first kappa shape index (κ1) is 20.1. The number of carbonyl (C=O) groups excluding carboxylic acids is 3. The summed E-state index contributed by atoms with van der Waals surface area (Å²) in [6.45, 7) is -0.218. The molecule has 0 spiro atoms. The summed E-state index contributed by atoms with van der Waals surface area (Å²) < 4.78 is 0. The van der Waals surface area contributed by atoms with Crippen LogP contribution < -0.4 is 16.0 Å². The maximum atomic E-state index is 12.2. The van der Waals surface area contributed by atoms with E-state index >= 15 is 0 Å². The molecule has 0 saturated carbocycles. The molecule has 0 aliphatic heterocycles. The van der Waals surface area contributed by atoms with Crippen LogP contribution in [0.1, 0.15) is 20.7 Å². The second kappa shape index (κ2) is 9.52. The highest BCUT2D eigenvalue weighted by molar-refractivity contribution is 6.33. The molecule has 6 nitrogen and oxygen atoms in total. The van der Waals surface area contributed by atoms with Crippen LogP contribution in [0.25, 0.3) is 0 Å². The van der Waals surface area contributed by atoms with E-state index in [9.17, 15) is 14.4 Å². The van der Waals surface area contributed by atoms with Gasteiger partial charge in [-0.1, -0.05) is 48.0 Å². The number of halogens is 1. The van der Waals surface area contributed by atoms with Crippen molar-refractivity contribution in [3.8, 4) is 0 Å². The van der Waals surface area contributed by atoms with Crippen LogP contribution in [0.2, 0.25) is 5.02 Å². The van der Waals surface area contributed by atoms with Gasteiger partial charge in [0, 0.05) is 16.9 Å². The topological polar surface area (TPSA) is 87.3 Å². The molecule has 29 heavy (non-hydrogen) atoms. The molecule has 3 rings (SSSR count). The van der Waals surface area contributed by atoms with E-state index in [0.29, 0.717) is 27.5 Å². The molecule has 3 aromatic rings. The second-order valence-corrected chi connectivity index (χ2v) is 6.52. The molecule has 0 heterocycles. The third kappa shape index (κ3) is 5.67. The first-order valence-corrected chi connectivity index (χ1v) is 9.20. The summed E-state index contributed by atoms with van der Waals surface area (Å²) in [5.41, 5.74) is 1.86. The Morgan fingerprint density at radius 2 is 1.38 bits per heavy atom. The minimum atomic E-state index is -0.436. The van der Waals surface area contributed by atoms with Gasteiger partial charge in [0.05, 0.1) is 17.1 Å². The van der Waals surface area contributed by atoms with Crippen LogP contribution in [0.15, 0.2) is 78.9 Å². The van der Waals surface area contributed by atoms with Crippen molar-refractivity contribution < 1.29 is 14.4 Å². The molecule has 0 bridgehead atoms. The minimum Gasteiger partial charge on any atom is -0.343 e. The van der Waals surface area contributed by atoms with Crippen molar-refractivity contribution in [3.63, 3.8) is 0 Å². The van der Waals surface area contributed by atoms with Crippen LogP contribution in [0, 0.1) is 0 Å². The van der Waals surface area contributed by atoms with Crippen LogP contribution >= 0.6 is 11.6 Å². The number of anilines is 2. The van der Waals surface area contributed by atoms with Crippen LogP contribution in [0.5, 0.6) is 0 Å². The predicted octanol–water partition coefficient (Wildman–Crippen LogP) is 3.96. The smallest absolute Gasteiger partial charge is 0.255 e. The van der Waals surface area contributed by atoms with Gasteiger partial charge in [-0.05, 0) is 42.5 Å². The molecule has 0 unspecified atom stereocenters. The molecule has 0 aliphatic rings. The molecule has 3 aromatic carbocycles. The Bertz CT molecular complexity index is 1040. The minimum absolute atomic E-state index is 0.218. The Hall–Kier alpha value is -3.64. The van der Waals surface area contributed by atoms with E-state index in [2.05, 4.69) is 16.0 Å². The highest BCUT2D eigenvalue weighted by Gasteiger charge is 2.11. The lowest BCUT2D eigenvalue weighted by Crippen LogP contribution is -2.33. The molecular formula is C22H18ClN3O3. The third-order valence-electron chi connectivity index (χ3n) is 3.97. The normalized spacial score (nSPS) is 10.1. The number of nitrogens with one attached hydrogen (secondary N) is 3. The molecule has 0 fully saturated rings. The van der Waals surface area contributed by atoms with Gasteiger partial charge >= 0.3 is 0 Å². The highest BCUT2D eigenvalue weighted by atomic mass is 35.5. The zero-order valence-electron chi connectivity index (χ0n) is 15.3. The van der Waals surface area contributed by atoms with E-state index in [1.54, 1.807) is 72.8 Å². The number of amides is 3. The summed E-state index contributed by atoms with van der Waals surface area (Å²) in [5, 5.41) is 8.29. The van der Waals surface area contributed by atoms with Gasteiger partial charge in [0.1, 0.15) is 0 Å². The summed E-state index contributed by atoms with van der Waals surface area (Å²) in [4.78, 5) is 36.5. The second-order valence-electron chi connectivity index (χ2n) is 6.11. The third-order valence-corrected chi connectivity index (χ3v) is 4.30. The fourth-order valence-corrected chi connectivity index (χ4v) is 2.80. The first-order chi connectivity index (χ1) is 14.0. The van der Waals surface area contributed by atoms with E-state index in [0.717, 1.165) is 0 Å². The summed E-state index contributed by atoms with van der Waals surface area (Å²) in [6, 6.07) is 22.1. The number of benzene rings is 3. The van der Waals surface area contributed by atoms with Crippen LogP contribution in [0.4, 0.5) is 11.4 Å². The first-order valence-electron chi connectivity index (χ1n) is 8.82. The quantitative estimate of drug-likeness (QED) is 0.578. The standard InChI is InChI=1S/C22H18ClN3O3/c23-19-12-5-4-11-18(19)22(29)24-14-20(27)25-16-9-6-10-17(13-16)26-21(28)15-7-2-1-3-8-15/h1-13H,14H2,(H,24,29)(H,25,27)(H,26,28). The lowest BCUT2D eigenvalue weighted by atomic mass is 10.2. The fourth-order valence-electron chi connectivity index (χ4n) is 2.57. The average Bonchev–Trinajstić information content (AvgIpc) is 2.73. The number of hydrogen-bond donors (Lipinski definition) is 3. The molecule has 0 aliphatic carbocycles. The Balaban J connectivity index is 1.55. The van der Waals surface area contributed by atoms with Gasteiger partial charge in [-0.25, -0.2) is 0 Å². The van der Waals surface area contributed by atoms with Crippen molar-refractivity contribution in [2.75, 3.05) is 17.2 Å². The van der Waals surface area contributed by atoms with E-state index in [4.69, 9.17) is 11.6 Å². The molecule has 0 atom stereocenters. The maximum Gasteiger partial charge on any atom is 0.255 e. The Morgan fingerprint density at radius 3 is 2.10 bits per heavy atom. The monoisotopic (exact) mass is 407 g/mol. The molecule has 0 saturated heterocycles. The molecule has 0 aromatic heterocycles. The molecular weight excluding hydrogens is 390 g/mol. The molecule has 146 valence electrons. The van der Waals surface area contributed by atoms with E-state index in [-0.39, 0.29) is 12.5 Å². The van der Waals surface area contributed by atoms with Crippen molar-refractivity contribution >= 4 is 40.7 Å². The van der Waals surface area contributed by atoms with Crippen molar-refractivity contribution in [1.29, 1.82) is 0 Å². The van der Waals surface area contributed by atoms with Gasteiger partial charge in [-0.2, -0.15) is 0 Å². The summed E-state index contributed by atoms with van der Waals surface area (Å²) in [6.07, 6.45) is 0. The Morgan fingerprint density at radius 1 is 0.724 bits per heavy atom. The SMILES string of the molecule is O=C(CNC(=O)c1ccccc1Cl)Nc1cccc(NC(=O)c2ccccc2)c1. The summed E-state index contributed by atoms with van der Waals surface area (Å²) in [7, 11) is 0. The number of hydrogen-bond acceptors (Lipinski definition) is 3. The van der Waals surface area contributed by atoms with Gasteiger partial charge in [0.15, 0.2) is 0 Å². The van der Waals surface area contributed by atoms with Crippen molar-refractivity contribution in [1.82, 2.24) is 5.32 Å². The van der Waals surface area contributed by atoms with E-state index in [1.165, 1.54) is 0 Å². The lowest BCUT2D eigenvalue weighted by Gasteiger charge is -2.10. The maximum absolute atomic E-state index is 12.2. The van der Waals surface area contributed by atoms with Gasteiger partial charge in [0.2, 0.25) is 5.91 Å². The number of rotatable bonds is 6. The average molecular weight is 408 g/mol. The van der Waals surface area contributed by atoms with Crippen LogP contribution in [0.3, 0.4) is 0 Å². The molecule has 3 N–H and O–H groups in total. The van der Waals surface area contributed by atoms with Crippen molar-refractivity contribution in [2.24, 2.45) is 0 Å². The van der Waals surface area contributed by atoms with Crippen LogP contribution in [-0.4, -0.2) is 24.3 Å². The van der Waals surface area contributed by atoms with E-state index in [1.807, 2.05) is 6.07 Å². The lowest BCUT2D eigenvalue weighted by molar-refractivity contribution is -0.115. The molecule has 7 heteroatoms. The molecule has 3 amide bonds. The van der Waals surface area contributed by atoms with Gasteiger partial charge in [0.25, 0.3) is 11.8 Å². The molecule has 0 radical (unpaired) electrons. The zero-order chi connectivity index (χ0) is 20.6. The number of carbonyl (C=O) groups is 3. The van der Waals surface area contributed by atoms with Crippen LogP contribution in [-0.2, 0) is 4.79 Å². The van der Waals surface area contributed by atoms with E-state index < -0.39 is 11.8 Å². The predicted molar refractivity (Wildman–Crippen MR) is 113 cm³/mol. The Labute approximate surface area is 172 Å². The van der Waals surface area contributed by atoms with Gasteiger partial charge in [-0.15, -0.1) is 0 Å². The summed E-state index contributed by atoms with van der Waals surface area (Å²) >= 11 is 5.97. The van der Waals surface area contributed by atoms with Crippen molar-refractivity contribution in [2.45, 2.75) is 0 Å². The Kier molecular flexibility index (Phi) is 6.60. The summed E-state index contributed by atoms with van der Waals surface area (Å²) in [5.74, 6) is -1.09. The van der Waals surface area contributed by atoms with Gasteiger partial charge < -0.3 is 16.0 Å². The van der Waals surface area contributed by atoms with Gasteiger partial charge in [-0.3, -0.25) is 14.4 Å². The fraction of sp³-hybridized carbons (Fsp3) is 0.0455. The van der Waals surface area contributed by atoms with Crippen molar-refractivity contribution in [3.05, 3.63) is 95.0 Å².